The molecule has 0 bridgehead atoms. The van der Waals surface area contributed by atoms with Crippen molar-refractivity contribution in [2.45, 2.75) is 94.8 Å². The predicted octanol–water partition coefficient (Wildman–Crippen LogP) is 0.0128. The number of aliphatic hydroxyl groups is 1. The lowest BCUT2D eigenvalue weighted by Crippen LogP contribution is -2.55. The first-order valence-electron chi connectivity index (χ1n) is 16.6. The molecule has 0 saturated carbocycles. The number of amides is 4. The maximum Gasteiger partial charge on any atom is 0.303 e. The van der Waals surface area contributed by atoms with E-state index in [1.165, 1.54) is 16.7 Å². The number of hydrogen-bond acceptors (Lipinski definition) is 11. The van der Waals surface area contributed by atoms with Crippen molar-refractivity contribution in [2.24, 2.45) is 0 Å². The molecule has 3 N–H and O–H groups in total. The summed E-state index contributed by atoms with van der Waals surface area (Å²) in [6, 6.07) is 2.55. The molecule has 4 fully saturated rings. The van der Waals surface area contributed by atoms with Crippen molar-refractivity contribution in [1.82, 2.24) is 30.2 Å². The number of nitrogens with zero attached hydrogens (tertiary/aromatic N) is 6. The summed E-state index contributed by atoms with van der Waals surface area (Å²) in [6.45, 7) is 6.52. The van der Waals surface area contributed by atoms with Crippen molar-refractivity contribution in [3.63, 3.8) is 0 Å². The third-order valence-corrected chi connectivity index (χ3v) is 9.75. The second-order valence-electron chi connectivity index (χ2n) is 13.6. The number of carbonyl (C=O) groups excluding carboxylic acids is 5. The Balaban J connectivity index is 0.000000342. The zero-order chi connectivity index (χ0) is 36.4. The molecule has 0 aromatic rings. The van der Waals surface area contributed by atoms with E-state index in [1.807, 2.05) is 26.0 Å². The molecule has 0 aliphatic carbocycles. The van der Waals surface area contributed by atoms with Crippen LogP contribution in [0.5, 0.6) is 0 Å². The molecule has 4 amide bonds. The van der Waals surface area contributed by atoms with Crippen LogP contribution in [-0.2, 0) is 28.7 Å². The summed E-state index contributed by atoms with van der Waals surface area (Å²) < 4.78 is 31.5. The Bertz CT molecular complexity index is 1300. The minimum atomic E-state index is -1.15. The van der Waals surface area contributed by atoms with E-state index < -0.39 is 37.0 Å². The van der Waals surface area contributed by atoms with Crippen LogP contribution < -0.4 is 10.6 Å². The zero-order valence-electron chi connectivity index (χ0n) is 28.9. The number of likely N-dealkylation sites (tertiary alicyclic amines) is 4. The molecule has 0 aromatic heterocycles. The van der Waals surface area contributed by atoms with E-state index in [9.17, 15) is 32.8 Å². The van der Waals surface area contributed by atoms with Crippen LogP contribution in [-0.4, -0.2) is 155 Å². The van der Waals surface area contributed by atoms with E-state index >= 15 is 0 Å². The maximum absolute atomic E-state index is 13.4. The topological polar surface area (TPSA) is 199 Å². The molecule has 50 heavy (non-hydrogen) atoms. The van der Waals surface area contributed by atoms with Gasteiger partial charge in [0.15, 0.2) is 6.61 Å². The van der Waals surface area contributed by atoms with Gasteiger partial charge in [0, 0.05) is 57.0 Å². The van der Waals surface area contributed by atoms with Crippen molar-refractivity contribution >= 4 is 53.6 Å². The molecule has 18 heteroatoms. The number of aliphatic hydroxyl groups excluding tert-OH is 1. The van der Waals surface area contributed by atoms with Crippen molar-refractivity contribution in [1.29, 1.82) is 10.5 Å². The Labute approximate surface area is 308 Å². The quantitative estimate of drug-likeness (QED) is 0.209. The molecule has 4 aliphatic rings. The van der Waals surface area contributed by atoms with Gasteiger partial charge in [-0.1, -0.05) is 0 Å². The van der Waals surface area contributed by atoms with Crippen molar-refractivity contribution in [3.8, 4) is 12.1 Å². The standard InChI is InChI=1S/C17H25FN4O4.C15H23FN4O3.HI/c1-12(23)26-11-16(25)21-5-3-17(2,4-6-21)20-9-15(24)22-10-13(18)7-14(22)8-19;1-15(2-4-19(5-3-15)14(23)10-21)18-8-13(22)20-9-11(16)6-12(20)7-17;/h13-14,20H,3-7,9-11H2,1-2H3;11-12,18,21H,2-6,8-10H2,1H3;1H/t13-,14-;11-,12-;/m00./s1. The summed E-state index contributed by atoms with van der Waals surface area (Å²) in [5, 5.41) is 33.3. The first-order chi connectivity index (χ1) is 23.1. The maximum atomic E-state index is 13.4. The van der Waals surface area contributed by atoms with E-state index in [1.54, 1.807) is 9.80 Å². The Kier molecular flexibility index (Phi) is 16.7. The fourth-order valence-electron chi connectivity index (χ4n) is 6.35. The molecule has 15 nitrogen and oxygen atoms in total. The van der Waals surface area contributed by atoms with Gasteiger partial charge in [0.05, 0.1) is 38.3 Å². The average Bonchev–Trinajstić information content (AvgIpc) is 3.67. The zero-order valence-corrected chi connectivity index (χ0v) is 31.2. The third kappa shape index (κ3) is 12.2. The molecule has 4 saturated heterocycles. The first-order valence-corrected chi connectivity index (χ1v) is 16.6. The monoisotopic (exact) mass is 822 g/mol. The fraction of sp³-hybridized carbons (Fsp3) is 0.781. The highest BCUT2D eigenvalue weighted by atomic mass is 127. The molecule has 0 unspecified atom stereocenters. The Morgan fingerprint density at radius 1 is 0.760 bits per heavy atom. The summed E-state index contributed by atoms with van der Waals surface area (Å²) in [7, 11) is 0. The minimum Gasteiger partial charge on any atom is -0.456 e. The number of hydrogen-bond donors (Lipinski definition) is 3. The van der Waals surface area contributed by atoms with Gasteiger partial charge in [-0.05, 0) is 39.5 Å². The van der Waals surface area contributed by atoms with Crippen molar-refractivity contribution < 1.29 is 42.6 Å². The van der Waals surface area contributed by atoms with Gasteiger partial charge in [-0.2, -0.15) is 10.5 Å². The summed E-state index contributed by atoms with van der Waals surface area (Å²) in [4.78, 5) is 64.5. The minimum absolute atomic E-state index is 0. The Morgan fingerprint density at radius 2 is 1.14 bits per heavy atom. The number of ether oxygens (including phenoxy) is 1. The number of nitriles is 2. The molecule has 280 valence electrons. The van der Waals surface area contributed by atoms with Crippen LogP contribution in [0.4, 0.5) is 8.78 Å². The van der Waals surface area contributed by atoms with Gasteiger partial charge in [0.1, 0.15) is 31.0 Å². The molecule has 4 rings (SSSR count). The first kappa shape index (κ1) is 43.0. The van der Waals surface area contributed by atoms with E-state index in [0.717, 1.165) is 0 Å². The van der Waals surface area contributed by atoms with Gasteiger partial charge < -0.3 is 40.1 Å². The Morgan fingerprint density at radius 3 is 1.48 bits per heavy atom. The third-order valence-electron chi connectivity index (χ3n) is 9.75. The molecule has 4 atom stereocenters. The van der Waals surface area contributed by atoms with Crippen LogP contribution in [0.1, 0.15) is 59.3 Å². The lowest BCUT2D eigenvalue weighted by Gasteiger charge is -2.40. The van der Waals surface area contributed by atoms with Gasteiger partial charge in [-0.3, -0.25) is 24.0 Å². The molecule has 0 radical (unpaired) electrons. The number of halogens is 3. The van der Waals surface area contributed by atoms with Crippen molar-refractivity contribution in [3.05, 3.63) is 0 Å². The van der Waals surface area contributed by atoms with Crippen LogP contribution in [0.3, 0.4) is 0 Å². The molecule has 0 aromatic carbocycles. The van der Waals surface area contributed by atoms with Gasteiger partial charge in [-0.25, -0.2) is 8.78 Å². The van der Waals surface area contributed by atoms with Gasteiger partial charge in [0.25, 0.3) is 5.91 Å². The second-order valence-corrected chi connectivity index (χ2v) is 13.6. The Hall–Kier alpha value is -3.20. The van der Waals surface area contributed by atoms with E-state index in [-0.39, 0.29) is 104 Å². The average molecular weight is 823 g/mol. The summed E-state index contributed by atoms with van der Waals surface area (Å²) in [5.74, 6) is -1.57. The van der Waals surface area contributed by atoms with E-state index in [2.05, 4.69) is 10.6 Å². The highest BCUT2D eigenvalue weighted by Crippen LogP contribution is 2.25. The molecule has 4 heterocycles. The lowest BCUT2D eigenvalue weighted by atomic mass is 9.89. The largest absolute Gasteiger partial charge is 0.456 e. The van der Waals surface area contributed by atoms with Crippen LogP contribution in [0.25, 0.3) is 0 Å². The summed E-state index contributed by atoms with van der Waals surface area (Å²) >= 11 is 0. The normalized spacial score (nSPS) is 25.3. The fourth-order valence-corrected chi connectivity index (χ4v) is 6.35. The van der Waals surface area contributed by atoms with E-state index in [4.69, 9.17) is 20.4 Å². The van der Waals surface area contributed by atoms with Crippen LogP contribution >= 0.6 is 24.0 Å². The van der Waals surface area contributed by atoms with Gasteiger partial charge >= 0.3 is 5.97 Å². The smallest absolute Gasteiger partial charge is 0.303 e. The van der Waals surface area contributed by atoms with Crippen LogP contribution in [0.2, 0.25) is 0 Å². The summed E-state index contributed by atoms with van der Waals surface area (Å²) in [6.07, 6.45) is 0.478. The van der Waals surface area contributed by atoms with E-state index in [0.29, 0.717) is 51.9 Å². The number of esters is 1. The number of carbonyl (C=O) groups is 5. The van der Waals surface area contributed by atoms with Gasteiger partial charge in [0.2, 0.25) is 17.7 Å². The summed E-state index contributed by atoms with van der Waals surface area (Å²) in [5.41, 5.74) is -0.621. The molecular weight excluding hydrogens is 773 g/mol. The predicted molar refractivity (Wildman–Crippen MR) is 185 cm³/mol. The number of nitrogens with one attached hydrogen (secondary N) is 2. The highest BCUT2D eigenvalue weighted by Gasteiger charge is 2.39. The SMILES string of the molecule is CC(=O)OCC(=O)N1CCC(C)(NCC(=O)N2C[C@@H](F)C[C@H]2C#N)CC1.CC1(NCC(=O)N2C[C@@H](F)C[C@H]2C#N)CCN(C(=O)CO)CC1.I. The van der Waals surface area contributed by atoms with Crippen LogP contribution in [0, 0.1) is 22.7 Å². The molecule has 0 spiro atoms. The molecule has 4 aliphatic heterocycles. The molecular formula is C32H49F2IN8O7. The number of rotatable bonds is 9. The van der Waals surface area contributed by atoms with Crippen molar-refractivity contribution in [2.75, 3.05) is 65.6 Å². The highest BCUT2D eigenvalue weighted by molar-refractivity contribution is 14.0. The second kappa shape index (κ2) is 19.4. The number of alkyl halides is 2. The van der Waals surface area contributed by atoms with Crippen LogP contribution in [0.15, 0.2) is 0 Å². The number of piperidine rings is 2. The lowest BCUT2D eigenvalue weighted by molar-refractivity contribution is -0.151. The van der Waals surface area contributed by atoms with Gasteiger partial charge in [-0.15, -0.1) is 24.0 Å².